The molecule has 5 nitrogen and oxygen atoms in total. The van der Waals surface area contributed by atoms with Crippen molar-refractivity contribution >= 4 is 16.9 Å². The van der Waals surface area contributed by atoms with Gasteiger partial charge in [-0.05, 0) is 6.07 Å². The number of nitrogens with two attached hydrogens (primary N) is 1. The van der Waals surface area contributed by atoms with E-state index in [0.29, 0.717) is 17.6 Å². The van der Waals surface area contributed by atoms with Crippen LogP contribution < -0.4 is 11.1 Å². The lowest BCUT2D eigenvalue weighted by molar-refractivity contribution is 0.0699. The molecule has 0 aliphatic carbocycles. The number of aromatic carboxylic acids is 1. The fourth-order valence-corrected chi connectivity index (χ4v) is 2.49. The van der Waals surface area contributed by atoms with E-state index in [1.54, 1.807) is 12.1 Å². The summed E-state index contributed by atoms with van der Waals surface area (Å²) >= 11 is 0. The number of benzene rings is 1. The van der Waals surface area contributed by atoms with Crippen LogP contribution in [0.2, 0.25) is 0 Å². The third-order valence-electron chi connectivity index (χ3n) is 3.22. The Balaban J connectivity index is 2.34. The van der Waals surface area contributed by atoms with Crippen LogP contribution in [0, 0.1) is 0 Å². The highest BCUT2D eigenvalue weighted by Crippen LogP contribution is 2.30. The monoisotopic (exact) mass is 231 g/mol. The topological polar surface area (TPSA) is 91.1 Å². The van der Waals surface area contributed by atoms with Gasteiger partial charge in [-0.25, -0.2) is 4.79 Å². The fraction of sp³-hybridized carbons (Fsp3) is 0.250. The number of fused-ring (bicyclic) bond motifs is 3. The van der Waals surface area contributed by atoms with E-state index in [1.165, 1.54) is 0 Å². The van der Waals surface area contributed by atoms with Gasteiger partial charge in [-0.3, -0.25) is 0 Å². The molecular formula is C12H13N3O2. The first-order chi connectivity index (χ1) is 8.18. The van der Waals surface area contributed by atoms with Gasteiger partial charge in [0, 0.05) is 35.8 Å². The van der Waals surface area contributed by atoms with Crippen molar-refractivity contribution < 1.29 is 9.90 Å². The highest BCUT2D eigenvalue weighted by atomic mass is 16.4. The van der Waals surface area contributed by atoms with Gasteiger partial charge in [0.25, 0.3) is 0 Å². The molecule has 1 aliphatic heterocycles. The van der Waals surface area contributed by atoms with Crippen molar-refractivity contribution in [1.82, 2.24) is 10.3 Å². The lowest BCUT2D eigenvalue weighted by Gasteiger charge is -2.20. The maximum Gasteiger partial charge on any atom is 0.337 e. The van der Waals surface area contributed by atoms with E-state index in [-0.39, 0.29) is 6.04 Å². The van der Waals surface area contributed by atoms with E-state index in [2.05, 4.69) is 10.3 Å². The minimum Gasteiger partial charge on any atom is -0.478 e. The Morgan fingerprint density at radius 1 is 1.47 bits per heavy atom. The first-order valence-corrected chi connectivity index (χ1v) is 5.51. The SMILES string of the molecule is NC1CNCc2[nH]c3c(C(=O)O)cccc3c21. The molecule has 1 aromatic carbocycles. The number of para-hydroxylation sites is 1. The number of H-pyrrole nitrogens is 1. The minimum absolute atomic E-state index is 0.0865. The number of carboxylic acids is 1. The number of aromatic amines is 1. The number of aromatic nitrogens is 1. The summed E-state index contributed by atoms with van der Waals surface area (Å²) in [6.45, 7) is 1.42. The summed E-state index contributed by atoms with van der Waals surface area (Å²) in [6.07, 6.45) is 0. The Labute approximate surface area is 97.6 Å². The highest BCUT2D eigenvalue weighted by Gasteiger charge is 2.23. The number of carboxylic acid groups (broad SMARTS) is 1. The smallest absolute Gasteiger partial charge is 0.337 e. The zero-order valence-electron chi connectivity index (χ0n) is 9.16. The first-order valence-electron chi connectivity index (χ1n) is 5.51. The Bertz CT molecular complexity index is 603. The largest absolute Gasteiger partial charge is 0.478 e. The predicted molar refractivity (Wildman–Crippen MR) is 63.9 cm³/mol. The normalized spacial score (nSPS) is 19.2. The van der Waals surface area contributed by atoms with Gasteiger partial charge in [0.2, 0.25) is 0 Å². The zero-order valence-corrected chi connectivity index (χ0v) is 9.16. The van der Waals surface area contributed by atoms with Crippen molar-refractivity contribution in [3.63, 3.8) is 0 Å². The van der Waals surface area contributed by atoms with Gasteiger partial charge in [0.05, 0.1) is 11.1 Å². The van der Waals surface area contributed by atoms with E-state index < -0.39 is 5.97 Å². The molecule has 2 aromatic rings. The Morgan fingerprint density at radius 3 is 3.06 bits per heavy atom. The van der Waals surface area contributed by atoms with Crippen LogP contribution in [-0.4, -0.2) is 22.6 Å². The van der Waals surface area contributed by atoms with Gasteiger partial charge in [0.15, 0.2) is 0 Å². The minimum atomic E-state index is -0.921. The number of nitrogens with one attached hydrogen (secondary N) is 2. The highest BCUT2D eigenvalue weighted by molar-refractivity contribution is 6.03. The van der Waals surface area contributed by atoms with Crippen LogP contribution in [0.15, 0.2) is 18.2 Å². The number of hydrogen-bond acceptors (Lipinski definition) is 3. The van der Waals surface area contributed by atoms with Gasteiger partial charge < -0.3 is 21.1 Å². The maximum atomic E-state index is 11.1. The summed E-state index contributed by atoms with van der Waals surface area (Å²) in [6, 6.07) is 5.19. The average Bonchev–Trinajstić information content (AvgIpc) is 2.67. The van der Waals surface area contributed by atoms with Gasteiger partial charge in [-0.1, -0.05) is 12.1 Å². The molecule has 17 heavy (non-hydrogen) atoms. The molecule has 0 spiro atoms. The Kier molecular flexibility index (Phi) is 2.17. The van der Waals surface area contributed by atoms with Crippen LogP contribution >= 0.6 is 0 Å². The lowest BCUT2D eigenvalue weighted by Crippen LogP contribution is -2.32. The number of carbonyl (C=O) groups is 1. The van der Waals surface area contributed by atoms with Gasteiger partial charge in [-0.15, -0.1) is 0 Å². The summed E-state index contributed by atoms with van der Waals surface area (Å²) < 4.78 is 0. The zero-order chi connectivity index (χ0) is 12.0. The second-order valence-corrected chi connectivity index (χ2v) is 4.29. The van der Waals surface area contributed by atoms with Gasteiger partial charge >= 0.3 is 5.97 Å². The molecular weight excluding hydrogens is 218 g/mol. The quantitative estimate of drug-likeness (QED) is 0.588. The van der Waals surface area contributed by atoms with Crippen molar-refractivity contribution in [2.24, 2.45) is 5.73 Å². The molecule has 2 heterocycles. The molecule has 1 unspecified atom stereocenters. The molecule has 1 aliphatic rings. The third-order valence-corrected chi connectivity index (χ3v) is 3.22. The van der Waals surface area contributed by atoms with Gasteiger partial charge in [0.1, 0.15) is 0 Å². The number of hydrogen-bond donors (Lipinski definition) is 4. The standard InChI is InChI=1S/C12H13N3O2/c13-8-4-14-5-9-10(8)6-2-1-3-7(12(16)17)11(6)15-9/h1-3,8,14-15H,4-5,13H2,(H,16,17). The third kappa shape index (κ3) is 1.44. The first kappa shape index (κ1) is 10.3. The molecule has 1 atom stereocenters. The summed E-state index contributed by atoms with van der Waals surface area (Å²) in [5.74, 6) is -0.921. The summed E-state index contributed by atoms with van der Waals surface area (Å²) in [5.41, 5.74) is 9.06. The van der Waals surface area contributed by atoms with Crippen molar-refractivity contribution in [2.75, 3.05) is 6.54 Å². The van der Waals surface area contributed by atoms with E-state index >= 15 is 0 Å². The van der Waals surface area contributed by atoms with E-state index in [4.69, 9.17) is 10.8 Å². The van der Waals surface area contributed by atoms with Gasteiger partial charge in [-0.2, -0.15) is 0 Å². The molecule has 5 heteroatoms. The van der Waals surface area contributed by atoms with Crippen LogP contribution in [0.1, 0.15) is 27.7 Å². The lowest BCUT2D eigenvalue weighted by atomic mass is 9.99. The molecule has 0 radical (unpaired) electrons. The summed E-state index contributed by atoms with van der Waals surface area (Å²) in [5, 5.41) is 13.3. The average molecular weight is 231 g/mol. The molecule has 5 N–H and O–H groups in total. The van der Waals surface area contributed by atoms with Crippen LogP contribution in [-0.2, 0) is 6.54 Å². The molecule has 1 aromatic heterocycles. The van der Waals surface area contributed by atoms with Crippen molar-refractivity contribution in [1.29, 1.82) is 0 Å². The molecule has 0 saturated heterocycles. The molecule has 3 rings (SSSR count). The van der Waals surface area contributed by atoms with Crippen molar-refractivity contribution in [2.45, 2.75) is 12.6 Å². The molecule has 88 valence electrons. The van der Waals surface area contributed by atoms with Crippen LogP contribution in [0.25, 0.3) is 10.9 Å². The van der Waals surface area contributed by atoms with Crippen LogP contribution in [0.3, 0.4) is 0 Å². The van der Waals surface area contributed by atoms with Crippen LogP contribution in [0.5, 0.6) is 0 Å². The maximum absolute atomic E-state index is 11.1. The van der Waals surface area contributed by atoms with E-state index in [1.807, 2.05) is 6.07 Å². The van der Waals surface area contributed by atoms with Crippen LogP contribution in [0.4, 0.5) is 0 Å². The molecule has 0 saturated carbocycles. The Morgan fingerprint density at radius 2 is 2.29 bits per heavy atom. The Hall–Kier alpha value is -1.85. The second-order valence-electron chi connectivity index (χ2n) is 4.29. The molecule has 0 amide bonds. The molecule has 0 bridgehead atoms. The second kappa shape index (κ2) is 3.58. The predicted octanol–water partition coefficient (Wildman–Crippen LogP) is 0.969. The molecule has 0 fully saturated rings. The fourth-order valence-electron chi connectivity index (χ4n) is 2.49. The van der Waals surface area contributed by atoms with E-state index in [0.717, 1.165) is 23.2 Å². The number of rotatable bonds is 1. The summed E-state index contributed by atoms with van der Waals surface area (Å²) in [4.78, 5) is 14.3. The van der Waals surface area contributed by atoms with Crippen molar-refractivity contribution in [3.8, 4) is 0 Å². The summed E-state index contributed by atoms with van der Waals surface area (Å²) in [7, 11) is 0. The van der Waals surface area contributed by atoms with E-state index in [9.17, 15) is 4.79 Å². The van der Waals surface area contributed by atoms with Crippen molar-refractivity contribution in [3.05, 3.63) is 35.0 Å².